The van der Waals surface area contributed by atoms with E-state index in [4.69, 9.17) is 23.6 Å². The Morgan fingerprint density at radius 2 is 0.882 bits per heavy atom. The Kier molecular flexibility index (Phi) is 38.7. The molecule has 0 bridgehead atoms. The first-order valence-corrected chi connectivity index (χ1v) is 23.0. The van der Waals surface area contributed by atoms with Crippen LogP contribution in [0.2, 0.25) is 0 Å². The third-order valence-corrected chi connectivity index (χ3v) is 10.5. The Morgan fingerprint density at radius 3 is 1.27 bits per heavy atom. The van der Waals surface area contributed by atoms with E-state index in [2.05, 4.69) is 13.8 Å². The van der Waals surface area contributed by atoms with Crippen LogP contribution in [0.4, 0.5) is 0 Å². The van der Waals surface area contributed by atoms with Gasteiger partial charge in [0.2, 0.25) is 0 Å². The molecule has 0 aliphatic carbocycles. The van der Waals surface area contributed by atoms with Gasteiger partial charge < -0.3 is 24.6 Å². The Labute approximate surface area is 314 Å². The second-order valence-electron chi connectivity index (χ2n) is 14.7. The highest BCUT2D eigenvalue weighted by Gasteiger charge is 2.26. The van der Waals surface area contributed by atoms with Gasteiger partial charge in [-0.05, 0) is 12.8 Å². The number of esters is 1. The summed E-state index contributed by atoms with van der Waals surface area (Å²) in [6.45, 7) is 3.53. The van der Waals surface area contributed by atoms with E-state index in [1.54, 1.807) is 0 Å². The van der Waals surface area contributed by atoms with Crippen LogP contribution in [0.25, 0.3) is 0 Å². The zero-order chi connectivity index (χ0) is 37.5. The lowest BCUT2D eigenvalue weighted by Gasteiger charge is -2.20. The lowest BCUT2D eigenvalue weighted by Crippen LogP contribution is -2.29. The Morgan fingerprint density at radius 1 is 0.529 bits per heavy atom. The molecule has 0 aromatic rings. The summed E-state index contributed by atoms with van der Waals surface area (Å²) in [5.74, 6) is -0.382. The first-order chi connectivity index (χ1) is 24.8. The highest BCUT2D eigenvalue weighted by atomic mass is 31.2. The van der Waals surface area contributed by atoms with Crippen molar-refractivity contribution in [2.24, 2.45) is 0 Å². The zero-order valence-corrected chi connectivity index (χ0v) is 34.2. The predicted octanol–water partition coefficient (Wildman–Crippen LogP) is 11.5. The van der Waals surface area contributed by atoms with Crippen LogP contribution >= 0.6 is 7.82 Å². The summed E-state index contributed by atoms with van der Waals surface area (Å²) in [4.78, 5) is 22.4. The fraction of sp³-hybridized carbons (Fsp3) is 0.976. The van der Waals surface area contributed by atoms with E-state index < -0.39 is 33.2 Å². The molecular weight excluding hydrogens is 667 g/mol. The fourth-order valence-electron chi connectivity index (χ4n) is 6.24. The molecule has 0 aromatic heterocycles. The van der Waals surface area contributed by atoms with Gasteiger partial charge in [-0.25, -0.2) is 4.57 Å². The standard InChI is InChI=1S/C41H83O9P/c1-3-5-7-9-11-13-14-15-16-17-18-19-20-21-22-23-24-25-26-28-30-32-34-47-37-40(38-49-51(45,46)48-36-39(43)35-42)50-41(44)33-31-29-27-12-10-8-6-4-2/h39-40,42-43H,3-38H2,1-2H3,(H,45,46). The van der Waals surface area contributed by atoms with Crippen LogP contribution in [0, 0.1) is 0 Å². The number of aliphatic hydroxyl groups is 2. The molecule has 0 amide bonds. The van der Waals surface area contributed by atoms with E-state index in [-0.39, 0.29) is 25.6 Å². The van der Waals surface area contributed by atoms with Crippen molar-refractivity contribution in [1.82, 2.24) is 0 Å². The smallest absolute Gasteiger partial charge is 0.457 e. The van der Waals surface area contributed by atoms with E-state index in [1.165, 1.54) is 161 Å². The summed E-state index contributed by atoms with van der Waals surface area (Å²) in [7, 11) is -4.50. The van der Waals surface area contributed by atoms with Gasteiger partial charge in [0.1, 0.15) is 12.2 Å². The molecule has 10 heteroatoms. The van der Waals surface area contributed by atoms with E-state index >= 15 is 0 Å². The van der Waals surface area contributed by atoms with E-state index in [0.29, 0.717) is 6.61 Å². The van der Waals surface area contributed by atoms with Crippen molar-refractivity contribution in [3.63, 3.8) is 0 Å². The molecule has 0 aliphatic rings. The number of phosphoric ester groups is 1. The minimum absolute atomic E-state index is 0.0572. The predicted molar refractivity (Wildman–Crippen MR) is 210 cm³/mol. The minimum atomic E-state index is -4.50. The van der Waals surface area contributed by atoms with Crippen LogP contribution in [0.5, 0.6) is 0 Å². The van der Waals surface area contributed by atoms with Gasteiger partial charge in [-0.15, -0.1) is 0 Å². The summed E-state index contributed by atoms with van der Waals surface area (Å²) in [6.07, 6.45) is 36.6. The van der Waals surface area contributed by atoms with Gasteiger partial charge in [0.05, 0.1) is 26.4 Å². The number of hydrogen-bond acceptors (Lipinski definition) is 8. The molecule has 3 N–H and O–H groups in total. The summed E-state index contributed by atoms with van der Waals surface area (Å²) in [5, 5.41) is 18.3. The lowest BCUT2D eigenvalue weighted by atomic mass is 10.0. The third-order valence-electron chi connectivity index (χ3n) is 9.54. The van der Waals surface area contributed by atoms with Gasteiger partial charge in [-0.3, -0.25) is 13.8 Å². The first kappa shape index (κ1) is 50.5. The Bertz CT molecular complexity index is 769. The van der Waals surface area contributed by atoms with Gasteiger partial charge >= 0.3 is 13.8 Å². The minimum Gasteiger partial charge on any atom is -0.457 e. The first-order valence-electron chi connectivity index (χ1n) is 21.5. The van der Waals surface area contributed by atoms with E-state index in [0.717, 1.165) is 32.1 Å². The molecule has 3 unspecified atom stereocenters. The molecule has 0 saturated carbocycles. The average Bonchev–Trinajstić information content (AvgIpc) is 3.12. The molecule has 9 nitrogen and oxygen atoms in total. The van der Waals surface area contributed by atoms with E-state index in [9.17, 15) is 19.4 Å². The van der Waals surface area contributed by atoms with Crippen molar-refractivity contribution in [2.45, 2.75) is 225 Å². The monoisotopic (exact) mass is 751 g/mol. The van der Waals surface area contributed by atoms with Gasteiger partial charge in [-0.1, -0.05) is 194 Å². The van der Waals surface area contributed by atoms with Crippen molar-refractivity contribution in [2.75, 3.05) is 33.0 Å². The molecule has 0 saturated heterocycles. The van der Waals surface area contributed by atoms with Crippen LogP contribution in [0.1, 0.15) is 213 Å². The number of phosphoric acid groups is 1. The molecule has 51 heavy (non-hydrogen) atoms. The molecule has 0 fully saturated rings. The molecule has 0 aromatic carbocycles. The average molecular weight is 751 g/mol. The number of rotatable bonds is 42. The quantitative estimate of drug-likeness (QED) is 0.0317. The van der Waals surface area contributed by atoms with Crippen molar-refractivity contribution in [3.05, 3.63) is 0 Å². The second-order valence-corrected chi connectivity index (χ2v) is 16.2. The third kappa shape index (κ3) is 39.0. The molecule has 0 spiro atoms. The van der Waals surface area contributed by atoms with Crippen LogP contribution in [0.15, 0.2) is 0 Å². The number of unbranched alkanes of at least 4 members (excludes halogenated alkanes) is 28. The number of ether oxygens (including phenoxy) is 2. The van der Waals surface area contributed by atoms with Crippen LogP contribution < -0.4 is 0 Å². The largest absolute Gasteiger partial charge is 0.472 e. The highest BCUT2D eigenvalue weighted by Crippen LogP contribution is 2.43. The summed E-state index contributed by atoms with van der Waals surface area (Å²) < 4.78 is 33.2. The van der Waals surface area contributed by atoms with Gasteiger partial charge in [0.15, 0.2) is 0 Å². The van der Waals surface area contributed by atoms with Crippen LogP contribution in [-0.2, 0) is 27.9 Å². The molecule has 0 heterocycles. The van der Waals surface area contributed by atoms with Crippen LogP contribution in [0.3, 0.4) is 0 Å². The summed E-state index contributed by atoms with van der Waals surface area (Å²) >= 11 is 0. The normalized spacial score (nSPS) is 14.1. The molecule has 0 aliphatic heterocycles. The van der Waals surface area contributed by atoms with Crippen molar-refractivity contribution in [1.29, 1.82) is 0 Å². The SMILES string of the molecule is CCCCCCCCCCCCCCCCCCCCCCCCOCC(COP(=O)(O)OCC(O)CO)OC(=O)CCCCCCCCCC. The topological polar surface area (TPSA) is 132 Å². The number of carbonyl (C=O) groups is 1. The van der Waals surface area contributed by atoms with Gasteiger partial charge in [0.25, 0.3) is 0 Å². The zero-order valence-electron chi connectivity index (χ0n) is 33.3. The summed E-state index contributed by atoms with van der Waals surface area (Å²) in [5.41, 5.74) is 0. The van der Waals surface area contributed by atoms with Crippen molar-refractivity contribution >= 4 is 13.8 Å². The molecule has 306 valence electrons. The number of aliphatic hydroxyl groups excluding tert-OH is 2. The van der Waals surface area contributed by atoms with E-state index in [1.807, 2.05) is 0 Å². The molecular formula is C41H83O9P. The number of carbonyl (C=O) groups excluding carboxylic acids is 1. The summed E-state index contributed by atoms with van der Waals surface area (Å²) in [6, 6.07) is 0. The Hall–Kier alpha value is -0.540. The van der Waals surface area contributed by atoms with Gasteiger partial charge in [0, 0.05) is 13.0 Å². The van der Waals surface area contributed by atoms with Gasteiger partial charge in [-0.2, -0.15) is 0 Å². The Balaban J connectivity index is 3.94. The molecule has 0 rings (SSSR count). The molecule has 0 radical (unpaired) electrons. The maximum Gasteiger partial charge on any atom is 0.472 e. The maximum absolute atomic E-state index is 12.5. The van der Waals surface area contributed by atoms with Crippen LogP contribution in [-0.4, -0.2) is 66.3 Å². The molecule has 3 atom stereocenters. The maximum atomic E-state index is 12.5. The van der Waals surface area contributed by atoms with Crippen molar-refractivity contribution in [3.8, 4) is 0 Å². The van der Waals surface area contributed by atoms with Crippen molar-refractivity contribution < 1.29 is 43.0 Å². The fourth-order valence-corrected chi connectivity index (χ4v) is 7.03. The second kappa shape index (κ2) is 39.2. The lowest BCUT2D eigenvalue weighted by molar-refractivity contribution is -0.154. The number of hydrogen-bond donors (Lipinski definition) is 3. The highest BCUT2D eigenvalue weighted by molar-refractivity contribution is 7.47.